The molecule has 0 aliphatic carbocycles. The van der Waals surface area contributed by atoms with Crippen molar-refractivity contribution in [2.45, 2.75) is 20.0 Å². The fourth-order valence-electron chi connectivity index (χ4n) is 2.63. The van der Waals surface area contributed by atoms with Crippen LogP contribution in [0.25, 0.3) is 0 Å². The fourth-order valence-corrected chi connectivity index (χ4v) is 2.63. The number of halogens is 3. The predicted octanol–water partition coefficient (Wildman–Crippen LogP) is 5.34. The highest BCUT2D eigenvalue weighted by atomic mass is 19.4. The maximum Gasteiger partial charge on any atom is 0.419 e. The van der Waals surface area contributed by atoms with Crippen LogP contribution in [0.2, 0.25) is 0 Å². The van der Waals surface area contributed by atoms with E-state index in [1.54, 1.807) is 13.0 Å². The lowest BCUT2D eigenvalue weighted by Crippen LogP contribution is -2.15. The summed E-state index contributed by atoms with van der Waals surface area (Å²) < 4.78 is 44.6. The van der Waals surface area contributed by atoms with Crippen LogP contribution in [0.1, 0.15) is 27.2 Å². The number of nitrogens with zero attached hydrogens (tertiary/aromatic N) is 1. The molecule has 5 nitrogen and oxygen atoms in total. The third-order valence-electron chi connectivity index (χ3n) is 4.27. The quantitative estimate of drug-likeness (QED) is 0.618. The Morgan fingerprint density at radius 1 is 1.07 bits per heavy atom. The predicted molar refractivity (Wildman–Crippen MR) is 104 cm³/mol. The molecule has 0 radical (unpaired) electrons. The van der Waals surface area contributed by atoms with Crippen LogP contribution >= 0.6 is 0 Å². The second-order valence-electron chi connectivity index (χ2n) is 6.40. The average molecular weight is 401 g/mol. The first-order chi connectivity index (χ1) is 13.6. The van der Waals surface area contributed by atoms with Crippen molar-refractivity contribution in [3.63, 3.8) is 0 Å². The summed E-state index contributed by atoms with van der Waals surface area (Å²) in [5.41, 5.74) is 7.20. The van der Waals surface area contributed by atoms with Crippen LogP contribution in [0.5, 0.6) is 11.5 Å². The van der Waals surface area contributed by atoms with E-state index in [0.29, 0.717) is 5.69 Å². The van der Waals surface area contributed by atoms with Gasteiger partial charge in [-0.05, 0) is 61.9 Å². The number of nitrogens with one attached hydrogen (secondary N) is 1. The van der Waals surface area contributed by atoms with Crippen molar-refractivity contribution in [3.05, 3.63) is 77.0 Å². The third kappa shape index (κ3) is 4.66. The molecular weight excluding hydrogens is 383 g/mol. The number of pyridine rings is 1. The number of para-hydroxylation sites is 1. The fraction of sp³-hybridized carbons (Fsp3) is 0.143. The zero-order valence-corrected chi connectivity index (χ0v) is 15.7. The Hall–Kier alpha value is -3.55. The number of alkyl halides is 3. The number of benzene rings is 2. The van der Waals surface area contributed by atoms with Crippen LogP contribution in [-0.4, -0.2) is 10.9 Å². The lowest BCUT2D eigenvalue weighted by molar-refractivity contribution is -0.138. The molecule has 0 unspecified atom stereocenters. The molecule has 3 aromatic rings. The van der Waals surface area contributed by atoms with Crippen molar-refractivity contribution in [1.82, 2.24) is 4.98 Å². The minimum Gasteiger partial charge on any atom is -0.457 e. The highest BCUT2D eigenvalue weighted by Crippen LogP contribution is 2.38. The number of hydrogen-bond donors (Lipinski definition) is 2. The molecule has 0 aliphatic rings. The average Bonchev–Trinajstić information content (AvgIpc) is 2.66. The van der Waals surface area contributed by atoms with Gasteiger partial charge in [0, 0.05) is 11.4 Å². The van der Waals surface area contributed by atoms with Crippen molar-refractivity contribution >= 4 is 17.4 Å². The Kier molecular flexibility index (Phi) is 5.45. The lowest BCUT2D eigenvalue weighted by atomic mass is 10.1. The summed E-state index contributed by atoms with van der Waals surface area (Å²) in [6.45, 7) is 3.62. The Bertz CT molecular complexity index is 1050. The van der Waals surface area contributed by atoms with Crippen molar-refractivity contribution in [3.8, 4) is 11.5 Å². The second kappa shape index (κ2) is 7.83. The van der Waals surface area contributed by atoms with E-state index >= 15 is 0 Å². The maximum absolute atomic E-state index is 13.1. The largest absolute Gasteiger partial charge is 0.457 e. The van der Waals surface area contributed by atoms with Crippen LogP contribution < -0.4 is 15.8 Å². The Balaban J connectivity index is 1.75. The van der Waals surface area contributed by atoms with Crippen LogP contribution in [0.15, 0.2) is 54.6 Å². The summed E-state index contributed by atoms with van der Waals surface area (Å²) in [4.78, 5) is 16.6. The number of rotatable bonds is 4. The highest BCUT2D eigenvalue weighted by molar-refractivity contribution is 6.07. The first-order valence-electron chi connectivity index (χ1n) is 8.64. The summed E-state index contributed by atoms with van der Waals surface area (Å²) in [5.74, 6) is -0.415. The minimum atomic E-state index is -4.52. The zero-order valence-electron chi connectivity index (χ0n) is 15.7. The van der Waals surface area contributed by atoms with Crippen LogP contribution in [0.3, 0.4) is 0 Å². The van der Waals surface area contributed by atoms with E-state index in [2.05, 4.69) is 10.3 Å². The maximum atomic E-state index is 13.1. The standard InChI is InChI=1S/C21H18F3N3O2/c1-12-11-16(19(25)26-13(12)2)20(28)27-14-7-9-15(10-8-14)29-18-6-4-3-5-17(18)21(22,23)24/h3-11H,1-2H3,(H2,25,26)(H,27,28). The summed E-state index contributed by atoms with van der Waals surface area (Å²) in [5, 5.41) is 2.68. The van der Waals surface area contributed by atoms with Gasteiger partial charge in [0.2, 0.25) is 0 Å². The number of anilines is 2. The molecule has 1 heterocycles. The normalized spacial score (nSPS) is 11.2. The summed E-state index contributed by atoms with van der Waals surface area (Å²) in [6.07, 6.45) is -4.52. The van der Waals surface area contributed by atoms with Gasteiger partial charge in [0.15, 0.2) is 0 Å². The molecule has 2 aromatic carbocycles. The van der Waals surface area contributed by atoms with Gasteiger partial charge >= 0.3 is 6.18 Å². The van der Waals surface area contributed by atoms with E-state index in [1.165, 1.54) is 42.5 Å². The number of aromatic nitrogens is 1. The van der Waals surface area contributed by atoms with E-state index in [1.807, 2.05) is 6.92 Å². The number of ether oxygens (including phenoxy) is 1. The van der Waals surface area contributed by atoms with Gasteiger partial charge in [-0.25, -0.2) is 4.98 Å². The minimum absolute atomic E-state index is 0.120. The number of carbonyl (C=O) groups excluding carboxylic acids is 1. The molecule has 8 heteroatoms. The Morgan fingerprint density at radius 2 is 1.72 bits per heavy atom. The summed E-state index contributed by atoms with van der Waals surface area (Å²) in [6, 6.07) is 12.6. The Labute approximate surface area is 165 Å². The smallest absolute Gasteiger partial charge is 0.419 e. The van der Waals surface area contributed by atoms with Crippen molar-refractivity contribution in [2.75, 3.05) is 11.1 Å². The van der Waals surface area contributed by atoms with Gasteiger partial charge in [-0.2, -0.15) is 13.2 Å². The number of aryl methyl sites for hydroxylation is 2. The molecule has 150 valence electrons. The molecule has 3 rings (SSSR count). The molecule has 0 spiro atoms. The van der Waals surface area contributed by atoms with E-state index in [9.17, 15) is 18.0 Å². The van der Waals surface area contributed by atoms with E-state index in [0.717, 1.165) is 17.3 Å². The third-order valence-corrected chi connectivity index (χ3v) is 4.27. The highest BCUT2D eigenvalue weighted by Gasteiger charge is 2.34. The van der Waals surface area contributed by atoms with Gasteiger partial charge in [0.05, 0.1) is 11.1 Å². The van der Waals surface area contributed by atoms with Crippen LogP contribution in [0, 0.1) is 13.8 Å². The molecule has 1 aromatic heterocycles. The number of nitrogens with two attached hydrogens (primary N) is 1. The lowest BCUT2D eigenvalue weighted by Gasteiger charge is -2.14. The van der Waals surface area contributed by atoms with Gasteiger partial charge in [0.25, 0.3) is 5.91 Å². The SMILES string of the molecule is Cc1cc(C(=O)Nc2ccc(Oc3ccccc3C(F)(F)F)cc2)c(N)nc1C. The number of carbonyl (C=O) groups is 1. The molecule has 29 heavy (non-hydrogen) atoms. The molecule has 0 atom stereocenters. The van der Waals surface area contributed by atoms with Gasteiger partial charge in [0.1, 0.15) is 17.3 Å². The van der Waals surface area contributed by atoms with E-state index < -0.39 is 17.6 Å². The van der Waals surface area contributed by atoms with Gasteiger partial charge in [-0.15, -0.1) is 0 Å². The number of hydrogen-bond acceptors (Lipinski definition) is 4. The van der Waals surface area contributed by atoms with Gasteiger partial charge in [-0.3, -0.25) is 4.79 Å². The van der Waals surface area contributed by atoms with Crippen molar-refractivity contribution in [2.24, 2.45) is 0 Å². The molecule has 0 bridgehead atoms. The molecular formula is C21H18F3N3O2. The number of nitrogen functional groups attached to an aromatic ring is 1. The zero-order chi connectivity index (χ0) is 21.2. The number of amides is 1. The van der Waals surface area contributed by atoms with Crippen molar-refractivity contribution in [1.29, 1.82) is 0 Å². The van der Waals surface area contributed by atoms with Crippen molar-refractivity contribution < 1.29 is 22.7 Å². The second-order valence-corrected chi connectivity index (χ2v) is 6.40. The molecule has 1 amide bonds. The van der Waals surface area contributed by atoms with E-state index in [-0.39, 0.29) is 22.9 Å². The van der Waals surface area contributed by atoms with Crippen LogP contribution in [-0.2, 0) is 6.18 Å². The molecule has 3 N–H and O–H groups in total. The topological polar surface area (TPSA) is 77.2 Å². The molecule has 0 saturated heterocycles. The summed E-state index contributed by atoms with van der Waals surface area (Å²) >= 11 is 0. The first kappa shape index (κ1) is 20.2. The van der Waals surface area contributed by atoms with Gasteiger partial charge in [-0.1, -0.05) is 12.1 Å². The summed E-state index contributed by atoms with van der Waals surface area (Å²) in [7, 11) is 0. The first-order valence-corrected chi connectivity index (χ1v) is 8.64. The van der Waals surface area contributed by atoms with Gasteiger partial charge < -0.3 is 15.8 Å². The molecule has 0 aliphatic heterocycles. The van der Waals surface area contributed by atoms with Crippen LogP contribution in [0.4, 0.5) is 24.7 Å². The molecule has 0 saturated carbocycles. The molecule has 0 fully saturated rings. The Morgan fingerprint density at radius 3 is 2.38 bits per heavy atom. The monoisotopic (exact) mass is 401 g/mol. The van der Waals surface area contributed by atoms with E-state index in [4.69, 9.17) is 10.5 Å².